The van der Waals surface area contributed by atoms with Gasteiger partial charge < -0.3 is 11.1 Å². The highest BCUT2D eigenvalue weighted by molar-refractivity contribution is 6.42. The molecule has 0 aliphatic rings. The lowest BCUT2D eigenvalue weighted by molar-refractivity contribution is 0.519. The first-order valence-electron chi connectivity index (χ1n) is 6.94. The molecule has 0 fully saturated rings. The minimum absolute atomic E-state index is 0.0961. The van der Waals surface area contributed by atoms with Gasteiger partial charge in [-0.15, -0.1) is 0 Å². The summed E-state index contributed by atoms with van der Waals surface area (Å²) in [6, 6.07) is 13.9. The van der Waals surface area contributed by atoms with Crippen molar-refractivity contribution in [2.45, 2.75) is 32.2 Å². The summed E-state index contributed by atoms with van der Waals surface area (Å²) in [6.07, 6.45) is 1.98. The molecule has 4 heteroatoms. The molecular formula is C17H20Cl2N2. The Balaban J connectivity index is 2.05. The van der Waals surface area contributed by atoms with Crippen molar-refractivity contribution in [3.63, 3.8) is 0 Å². The predicted molar refractivity (Wildman–Crippen MR) is 93.3 cm³/mol. The van der Waals surface area contributed by atoms with Crippen molar-refractivity contribution in [1.29, 1.82) is 0 Å². The van der Waals surface area contributed by atoms with E-state index in [4.69, 9.17) is 28.9 Å². The minimum Gasteiger partial charge on any atom is -0.397 e. The summed E-state index contributed by atoms with van der Waals surface area (Å²) in [6.45, 7) is 4.30. The molecule has 0 spiro atoms. The summed E-state index contributed by atoms with van der Waals surface area (Å²) in [5.41, 5.74) is 8.66. The quantitative estimate of drug-likeness (QED) is 0.723. The molecule has 112 valence electrons. The van der Waals surface area contributed by atoms with Crippen molar-refractivity contribution < 1.29 is 0 Å². The number of aryl methyl sites for hydroxylation is 1. The highest BCUT2D eigenvalue weighted by Crippen LogP contribution is 2.33. The Morgan fingerprint density at radius 2 is 1.67 bits per heavy atom. The zero-order chi connectivity index (χ0) is 15.5. The largest absolute Gasteiger partial charge is 0.397 e. The summed E-state index contributed by atoms with van der Waals surface area (Å²) in [7, 11) is 0. The second-order valence-corrected chi connectivity index (χ2v) is 6.66. The van der Waals surface area contributed by atoms with E-state index in [0.29, 0.717) is 15.7 Å². The number of hydrogen-bond donors (Lipinski definition) is 2. The van der Waals surface area contributed by atoms with Gasteiger partial charge in [-0.1, -0.05) is 53.5 Å². The average molecular weight is 323 g/mol. The zero-order valence-electron chi connectivity index (χ0n) is 12.3. The maximum Gasteiger partial charge on any atom is 0.0614 e. The lowest BCUT2D eigenvalue weighted by Gasteiger charge is -2.28. The van der Waals surface area contributed by atoms with Crippen LogP contribution in [0.1, 0.15) is 25.8 Å². The van der Waals surface area contributed by atoms with Crippen LogP contribution < -0.4 is 11.1 Å². The molecule has 0 atom stereocenters. The smallest absolute Gasteiger partial charge is 0.0614 e. The fourth-order valence-electron chi connectivity index (χ4n) is 2.20. The second kappa shape index (κ2) is 6.59. The molecule has 0 aliphatic heterocycles. The van der Waals surface area contributed by atoms with Crippen molar-refractivity contribution in [3.8, 4) is 0 Å². The summed E-state index contributed by atoms with van der Waals surface area (Å²) in [5.74, 6) is 0. The van der Waals surface area contributed by atoms with E-state index in [9.17, 15) is 0 Å². The molecule has 0 radical (unpaired) electrons. The van der Waals surface area contributed by atoms with Gasteiger partial charge in [0.15, 0.2) is 0 Å². The number of halogens is 2. The monoisotopic (exact) mass is 322 g/mol. The van der Waals surface area contributed by atoms with E-state index in [1.54, 1.807) is 12.1 Å². The van der Waals surface area contributed by atoms with Crippen LogP contribution in [0.25, 0.3) is 0 Å². The van der Waals surface area contributed by atoms with Crippen LogP contribution in [0.15, 0.2) is 42.5 Å². The average Bonchev–Trinajstić information content (AvgIpc) is 2.44. The summed E-state index contributed by atoms with van der Waals surface area (Å²) < 4.78 is 0. The van der Waals surface area contributed by atoms with Gasteiger partial charge in [0.25, 0.3) is 0 Å². The van der Waals surface area contributed by atoms with Crippen molar-refractivity contribution in [2.75, 3.05) is 11.1 Å². The number of benzene rings is 2. The van der Waals surface area contributed by atoms with Gasteiger partial charge in [-0.05, 0) is 44.4 Å². The van der Waals surface area contributed by atoms with Crippen LogP contribution in [0.3, 0.4) is 0 Å². The molecule has 0 heterocycles. The van der Waals surface area contributed by atoms with Gasteiger partial charge in [0.05, 0.1) is 21.4 Å². The molecule has 0 unspecified atom stereocenters. The van der Waals surface area contributed by atoms with Gasteiger partial charge in [0, 0.05) is 5.54 Å². The Bertz CT molecular complexity index is 610. The number of nitrogen functional groups attached to an aromatic ring is 1. The molecule has 2 rings (SSSR count). The topological polar surface area (TPSA) is 38.0 Å². The SMILES string of the molecule is CC(C)(CCc1ccccc1)Nc1cc(Cl)c(Cl)cc1N. The van der Waals surface area contributed by atoms with Crippen LogP contribution >= 0.6 is 23.2 Å². The van der Waals surface area contributed by atoms with E-state index in [0.717, 1.165) is 18.5 Å². The van der Waals surface area contributed by atoms with E-state index in [1.165, 1.54) is 5.56 Å². The van der Waals surface area contributed by atoms with Crippen molar-refractivity contribution in [2.24, 2.45) is 0 Å². The van der Waals surface area contributed by atoms with Crippen LogP contribution in [0, 0.1) is 0 Å². The lowest BCUT2D eigenvalue weighted by atomic mass is 9.95. The molecule has 2 aromatic rings. The molecule has 21 heavy (non-hydrogen) atoms. The third-order valence-corrected chi connectivity index (χ3v) is 4.17. The molecule has 0 aliphatic carbocycles. The third kappa shape index (κ3) is 4.55. The Kier molecular flexibility index (Phi) is 5.02. The molecule has 0 bridgehead atoms. The first kappa shape index (κ1) is 16.0. The Morgan fingerprint density at radius 3 is 2.33 bits per heavy atom. The van der Waals surface area contributed by atoms with E-state index >= 15 is 0 Å². The third-order valence-electron chi connectivity index (χ3n) is 3.45. The van der Waals surface area contributed by atoms with Crippen molar-refractivity contribution >= 4 is 34.6 Å². The van der Waals surface area contributed by atoms with E-state index in [2.05, 4.69) is 43.4 Å². The first-order valence-corrected chi connectivity index (χ1v) is 7.70. The number of rotatable bonds is 5. The van der Waals surface area contributed by atoms with Crippen LogP contribution in [-0.4, -0.2) is 5.54 Å². The maximum absolute atomic E-state index is 6.06. The highest BCUT2D eigenvalue weighted by Gasteiger charge is 2.19. The summed E-state index contributed by atoms with van der Waals surface area (Å²) >= 11 is 12.0. The van der Waals surface area contributed by atoms with Gasteiger partial charge in [0.2, 0.25) is 0 Å². The minimum atomic E-state index is -0.0961. The summed E-state index contributed by atoms with van der Waals surface area (Å²) in [4.78, 5) is 0. The maximum atomic E-state index is 6.06. The normalized spacial score (nSPS) is 11.4. The standard InChI is InChI=1S/C17H20Cl2N2/c1-17(2,9-8-12-6-4-3-5-7-12)21-16-11-14(19)13(18)10-15(16)20/h3-7,10-11,21H,8-9,20H2,1-2H3. The predicted octanol–water partition coefficient (Wildman–Crippen LogP) is 5.40. The van der Waals surface area contributed by atoms with Gasteiger partial charge in [0.1, 0.15) is 0 Å². The first-order chi connectivity index (χ1) is 9.87. The van der Waals surface area contributed by atoms with Gasteiger partial charge >= 0.3 is 0 Å². The number of anilines is 2. The zero-order valence-corrected chi connectivity index (χ0v) is 13.8. The molecular weight excluding hydrogens is 303 g/mol. The number of hydrogen-bond acceptors (Lipinski definition) is 2. The second-order valence-electron chi connectivity index (χ2n) is 5.85. The number of nitrogens with two attached hydrogens (primary N) is 1. The Morgan fingerprint density at radius 1 is 1.05 bits per heavy atom. The van der Waals surface area contributed by atoms with E-state index in [1.807, 2.05) is 6.07 Å². The Labute approximate surface area is 136 Å². The number of nitrogens with one attached hydrogen (secondary N) is 1. The Hall–Kier alpha value is -1.38. The molecule has 0 saturated carbocycles. The van der Waals surface area contributed by atoms with Gasteiger partial charge in [-0.25, -0.2) is 0 Å². The van der Waals surface area contributed by atoms with E-state index < -0.39 is 0 Å². The van der Waals surface area contributed by atoms with Crippen LogP contribution in [0.2, 0.25) is 10.0 Å². The molecule has 3 N–H and O–H groups in total. The lowest BCUT2D eigenvalue weighted by Crippen LogP contribution is -2.31. The molecule has 2 nitrogen and oxygen atoms in total. The summed E-state index contributed by atoms with van der Waals surface area (Å²) in [5, 5.41) is 4.44. The fraction of sp³-hybridized carbons (Fsp3) is 0.294. The fourth-order valence-corrected chi connectivity index (χ4v) is 2.53. The van der Waals surface area contributed by atoms with E-state index in [-0.39, 0.29) is 5.54 Å². The van der Waals surface area contributed by atoms with Crippen LogP contribution in [-0.2, 0) is 6.42 Å². The van der Waals surface area contributed by atoms with Crippen molar-refractivity contribution in [3.05, 3.63) is 58.1 Å². The molecule has 2 aromatic carbocycles. The van der Waals surface area contributed by atoms with Crippen molar-refractivity contribution in [1.82, 2.24) is 0 Å². The molecule has 0 amide bonds. The van der Waals surface area contributed by atoms with Crippen LogP contribution in [0.5, 0.6) is 0 Å². The van der Waals surface area contributed by atoms with Gasteiger partial charge in [-0.2, -0.15) is 0 Å². The van der Waals surface area contributed by atoms with Gasteiger partial charge in [-0.3, -0.25) is 0 Å². The molecule has 0 aromatic heterocycles. The van der Waals surface area contributed by atoms with Crippen LogP contribution in [0.4, 0.5) is 11.4 Å². The molecule has 0 saturated heterocycles. The highest BCUT2D eigenvalue weighted by atomic mass is 35.5.